The van der Waals surface area contributed by atoms with Gasteiger partial charge in [0.05, 0.1) is 23.5 Å². The number of ether oxygens (including phenoxy) is 1. The number of hydrogen-bond acceptors (Lipinski definition) is 5. The zero-order valence-corrected chi connectivity index (χ0v) is 16.7. The van der Waals surface area contributed by atoms with E-state index in [4.69, 9.17) is 21.3 Å². The Morgan fingerprint density at radius 2 is 1.96 bits per heavy atom. The first-order valence-corrected chi connectivity index (χ1v) is 9.77. The Hall–Kier alpha value is -2.57. The highest BCUT2D eigenvalue weighted by Gasteiger charge is 2.19. The number of halogens is 1. The van der Waals surface area contributed by atoms with Gasteiger partial charge in [-0.3, -0.25) is 4.79 Å². The fourth-order valence-electron chi connectivity index (χ4n) is 2.61. The molecular weight excluding hydrogens is 382 g/mol. The minimum atomic E-state index is -0.0846. The van der Waals surface area contributed by atoms with E-state index in [0.29, 0.717) is 16.7 Å². The molecule has 0 fully saturated rings. The Kier molecular flexibility index (Phi) is 6.32. The van der Waals surface area contributed by atoms with Crippen molar-refractivity contribution >= 4 is 39.7 Å². The summed E-state index contributed by atoms with van der Waals surface area (Å²) in [4.78, 5) is 18.8. The van der Waals surface area contributed by atoms with Crippen LogP contribution in [0.15, 0.2) is 53.9 Å². The summed E-state index contributed by atoms with van der Waals surface area (Å²) in [5.41, 5.74) is 2.57. The topological polar surface area (TPSA) is 54.5 Å². The highest BCUT2D eigenvalue weighted by Crippen LogP contribution is 2.35. The monoisotopic (exact) mass is 401 g/mol. The standard InChI is InChI=1S/C20H20ClN3O2S/c1-3-22-19(25)12-24(18-7-5-4-6-16(18)21)20-23-17(13-27-20)14-8-10-15(26-2)11-9-14/h4-11,13H,3,12H2,1-2H3,(H,22,25). The average molecular weight is 402 g/mol. The van der Waals surface area contributed by atoms with Gasteiger partial charge >= 0.3 is 0 Å². The summed E-state index contributed by atoms with van der Waals surface area (Å²) in [7, 11) is 1.64. The fraction of sp³-hybridized carbons (Fsp3) is 0.200. The first kappa shape index (κ1) is 19.2. The van der Waals surface area contributed by atoms with Crippen molar-refractivity contribution in [1.82, 2.24) is 10.3 Å². The molecule has 0 aliphatic heterocycles. The quantitative estimate of drug-likeness (QED) is 0.620. The van der Waals surface area contributed by atoms with E-state index in [1.165, 1.54) is 11.3 Å². The van der Waals surface area contributed by atoms with Gasteiger partial charge < -0.3 is 15.0 Å². The number of likely N-dealkylation sites (N-methyl/N-ethyl adjacent to an activating group) is 1. The maximum atomic E-state index is 12.2. The molecule has 1 aromatic heterocycles. The van der Waals surface area contributed by atoms with Crippen molar-refractivity contribution in [2.75, 3.05) is 25.1 Å². The molecule has 0 atom stereocenters. The van der Waals surface area contributed by atoms with Gasteiger partial charge in [0.15, 0.2) is 5.13 Å². The third kappa shape index (κ3) is 4.59. The van der Waals surface area contributed by atoms with Crippen LogP contribution in [-0.2, 0) is 4.79 Å². The van der Waals surface area contributed by atoms with Crippen molar-refractivity contribution in [2.45, 2.75) is 6.92 Å². The van der Waals surface area contributed by atoms with Crippen LogP contribution in [0.2, 0.25) is 5.02 Å². The van der Waals surface area contributed by atoms with Gasteiger partial charge in [-0.15, -0.1) is 11.3 Å². The number of methoxy groups -OCH3 is 1. The van der Waals surface area contributed by atoms with E-state index < -0.39 is 0 Å². The summed E-state index contributed by atoms with van der Waals surface area (Å²) in [5, 5.41) is 6.08. The molecule has 0 unspecified atom stereocenters. The van der Waals surface area contributed by atoms with Gasteiger partial charge in [-0.05, 0) is 43.3 Å². The van der Waals surface area contributed by atoms with Crippen LogP contribution in [0.4, 0.5) is 10.8 Å². The minimum absolute atomic E-state index is 0.0846. The van der Waals surface area contributed by atoms with E-state index in [1.807, 2.05) is 59.7 Å². The normalized spacial score (nSPS) is 10.5. The molecule has 0 aliphatic carbocycles. The lowest BCUT2D eigenvalue weighted by atomic mass is 10.2. The van der Waals surface area contributed by atoms with Gasteiger partial charge in [0.25, 0.3) is 0 Å². The summed E-state index contributed by atoms with van der Waals surface area (Å²) in [6, 6.07) is 15.2. The van der Waals surface area contributed by atoms with E-state index in [9.17, 15) is 4.79 Å². The number of hydrogen-bond donors (Lipinski definition) is 1. The van der Waals surface area contributed by atoms with Gasteiger partial charge in [-0.25, -0.2) is 4.98 Å². The number of para-hydroxylation sites is 1. The molecular formula is C20H20ClN3O2S. The Balaban J connectivity index is 1.93. The van der Waals surface area contributed by atoms with Crippen molar-refractivity contribution in [3.63, 3.8) is 0 Å². The summed E-state index contributed by atoms with van der Waals surface area (Å²) < 4.78 is 5.20. The molecule has 27 heavy (non-hydrogen) atoms. The van der Waals surface area contributed by atoms with Gasteiger partial charge in [0.1, 0.15) is 12.3 Å². The number of thiazole rings is 1. The molecule has 1 N–H and O–H groups in total. The molecule has 140 valence electrons. The maximum absolute atomic E-state index is 12.2. The Morgan fingerprint density at radius 1 is 1.22 bits per heavy atom. The van der Waals surface area contributed by atoms with Gasteiger partial charge in [-0.1, -0.05) is 23.7 Å². The maximum Gasteiger partial charge on any atom is 0.240 e. The van der Waals surface area contributed by atoms with E-state index in [1.54, 1.807) is 13.2 Å². The van der Waals surface area contributed by atoms with Crippen molar-refractivity contribution in [3.8, 4) is 17.0 Å². The predicted molar refractivity (Wildman–Crippen MR) is 111 cm³/mol. The van der Waals surface area contributed by atoms with Crippen LogP contribution >= 0.6 is 22.9 Å². The third-order valence-corrected chi connectivity index (χ3v) is 5.11. The lowest BCUT2D eigenvalue weighted by molar-refractivity contribution is -0.119. The summed E-state index contributed by atoms with van der Waals surface area (Å²) in [6.07, 6.45) is 0. The molecule has 0 bridgehead atoms. The lowest BCUT2D eigenvalue weighted by Gasteiger charge is -2.22. The molecule has 0 radical (unpaired) electrons. The van der Waals surface area contributed by atoms with Crippen molar-refractivity contribution < 1.29 is 9.53 Å². The average Bonchev–Trinajstić information content (AvgIpc) is 3.17. The number of rotatable bonds is 7. The largest absolute Gasteiger partial charge is 0.497 e. The summed E-state index contributed by atoms with van der Waals surface area (Å²) >= 11 is 7.85. The van der Waals surface area contributed by atoms with Crippen LogP contribution < -0.4 is 15.0 Å². The van der Waals surface area contributed by atoms with E-state index >= 15 is 0 Å². The van der Waals surface area contributed by atoms with Crippen molar-refractivity contribution in [2.24, 2.45) is 0 Å². The number of nitrogens with one attached hydrogen (secondary N) is 1. The Bertz CT molecular complexity index is 912. The van der Waals surface area contributed by atoms with Crippen molar-refractivity contribution in [1.29, 1.82) is 0 Å². The van der Waals surface area contributed by atoms with Gasteiger partial charge in [0, 0.05) is 17.5 Å². The zero-order chi connectivity index (χ0) is 19.2. The predicted octanol–water partition coefficient (Wildman–Crippen LogP) is 4.75. The van der Waals surface area contributed by atoms with E-state index in [2.05, 4.69) is 5.32 Å². The second-order valence-corrected chi connectivity index (χ2v) is 6.98. The molecule has 1 amide bonds. The minimum Gasteiger partial charge on any atom is -0.497 e. The summed E-state index contributed by atoms with van der Waals surface area (Å²) in [5.74, 6) is 0.710. The van der Waals surface area contributed by atoms with Crippen LogP contribution in [0.1, 0.15) is 6.92 Å². The highest BCUT2D eigenvalue weighted by atomic mass is 35.5. The Morgan fingerprint density at radius 3 is 2.63 bits per heavy atom. The molecule has 0 saturated heterocycles. The zero-order valence-electron chi connectivity index (χ0n) is 15.1. The summed E-state index contributed by atoms with van der Waals surface area (Å²) in [6.45, 7) is 2.61. The first-order valence-electron chi connectivity index (χ1n) is 8.51. The fourth-order valence-corrected chi connectivity index (χ4v) is 3.69. The van der Waals surface area contributed by atoms with E-state index in [0.717, 1.165) is 22.7 Å². The molecule has 2 aromatic carbocycles. The molecule has 1 heterocycles. The van der Waals surface area contributed by atoms with Gasteiger partial charge in [0.2, 0.25) is 5.91 Å². The molecule has 0 spiro atoms. The molecule has 7 heteroatoms. The number of carbonyl (C=O) groups is 1. The number of amides is 1. The highest BCUT2D eigenvalue weighted by molar-refractivity contribution is 7.14. The molecule has 5 nitrogen and oxygen atoms in total. The lowest BCUT2D eigenvalue weighted by Crippen LogP contribution is -2.34. The van der Waals surface area contributed by atoms with Crippen LogP contribution in [0.5, 0.6) is 5.75 Å². The SMILES string of the molecule is CCNC(=O)CN(c1nc(-c2ccc(OC)cc2)cs1)c1ccccc1Cl. The van der Waals surface area contributed by atoms with Crippen LogP contribution in [0, 0.1) is 0 Å². The van der Waals surface area contributed by atoms with Crippen LogP contribution in [0.3, 0.4) is 0 Å². The molecule has 3 rings (SSSR count). The van der Waals surface area contributed by atoms with Gasteiger partial charge in [-0.2, -0.15) is 0 Å². The van der Waals surface area contributed by atoms with Crippen LogP contribution in [0.25, 0.3) is 11.3 Å². The molecule has 3 aromatic rings. The Labute approximate surface area is 167 Å². The number of anilines is 2. The number of aromatic nitrogens is 1. The smallest absolute Gasteiger partial charge is 0.240 e. The number of benzene rings is 2. The second kappa shape index (κ2) is 8.88. The third-order valence-electron chi connectivity index (χ3n) is 3.93. The van der Waals surface area contributed by atoms with E-state index in [-0.39, 0.29) is 12.5 Å². The van der Waals surface area contributed by atoms with Crippen molar-refractivity contribution in [3.05, 3.63) is 58.9 Å². The number of nitrogens with zero attached hydrogens (tertiary/aromatic N) is 2. The first-order chi connectivity index (χ1) is 13.1. The number of carbonyl (C=O) groups excluding carboxylic acids is 1. The van der Waals surface area contributed by atoms with Crippen LogP contribution in [-0.4, -0.2) is 31.1 Å². The molecule has 0 aliphatic rings. The molecule has 0 saturated carbocycles. The second-order valence-electron chi connectivity index (χ2n) is 5.73.